The van der Waals surface area contributed by atoms with Gasteiger partial charge in [0.25, 0.3) is 5.91 Å². The van der Waals surface area contributed by atoms with Crippen LogP contribution in [-0.2, 0) is 16.3 Å². The summed E-state index contributed by atoms with van der Waals surface area (Å²) in [5.74, 6) is 0.560. The zero-order valence-electron chi connectivity index (χ0n) is 13.6. The lowest BCUT2D eigenvalue weighted by atomic mass is 10.1. The van der Waals surface area contributed by atoms with Gasteiger partial charge in [-0.3, -0.25) is 4.79 Å². The highest BCUT2D eigenvalue weighted by Crippen LogP contribution is 2.27. The minimum Gasteiger partial charge on any atom is -0.488 e. The number of rotatable bonds is 4. The highest BCUT2D eigenvalue weighted by Gasteiger charge is 2.23. The Kier molecular flexibility index (Phi) is 4.32. The van der Waals surface area contributed by atoms with Crippen LogP contribution in [0.4, 0.5) is 0 Å². The molecule has 1 aliphatic rings. The number of hydrogen-bond acceptors (Lipinski definition) is 4. The fraction of sp³-hybridized carbons (Fsp3) is 0.278. The van der Waals surface area contributed by atoms with Crippen molar-refractivity contribution in [3.8, 4) is 5.75 Å². The molecule has 0 saturated heterocycles. The molecule has 0 spiro atoms. The number of amides is 1. The summed E-state index contributed by atoms with van der Waals surface area (Å²) in [6.07, 6.45) is 1.77. The number of carbonyl (C=O) groups is 1. The maximum absolute atomic E-state index is 12.4. The third-order valence-electron chi connectivity index (χ3n) is 4.09. The van der Waals surface area contributed by atoms with E-state index in [9.17, 15) is 13.2 Å². The van der Waals surface area contributed by atoms with Crippen LogP contribution in [-0.4, -0.2) is 33.2 Å². The van der Waals surface area contributed by atoms with Gasteiger partial charge in [0.05, 0.1) is 11.4 Å². The molecule has 0 saturated carbocycles. The summed E-state index contributed by atoms with van der Waals surface area (Å²) in [7, 11) is -3.35. The lowest BCUT2D eigenvalue weighted by Crippen LogP contribution is -2.34. The predicted molar refractivity (Wildman–Crippen MR) is 91.2 cm³/mol. The number of para-hydroxylation sites is 1. The first-order chi connectivity index (χ1) is 11.3. The standard InChI is InChI=1S/C18H19NO4S/c1-12-7-8-15(24(2,21)22)10-16(12)18(20)19-11-14-9-13-5-3-4-6-17(13)23-14/h3-8,10,14H,9,11H2,1-2H3,(H,19,20). The van der Waals surface area contributed by atoms with Crippen LogP contribution in [0.25, 0.3) is 0 Å². The summed E-state index contributed by atoms with van der Waals surface area (Å²) >= 11 is 0. The van der Waals surface area contributed by atoms with Gasteiger partial charge in [-0.25, -0.2) is 8.42 Å². The van der Waals surface area contributed by atoms with Gasteiger partial charge in [0, 0.05) is 18.2 Å². The van der Waals surface area contributed by atoms with Crippen molar-refractivity contribution >= 4 is 15.7 Å². The Morgan fingerprint density at radius 3 is 2.71 bits per heavy atom. The van der Waals surface area contributed by atoms with E-state index in [1.807, 2.05) is 24.3 Å². The number of ether oxygens (including phenoxy) is 1. The molecule has 0 aromatic heterocycles. The average molecular weight is 345 g/mol. The second-order valence-corrected chi connectivity index (χ2v) is 8.03. The van der Waals surface area contributed by atoms with Gasteiger partial charge in [0.1, 0.15) is 11.9 Å². The molecule has 1 N–H and O–H groups in total. The minimum absolute atomic E-state index is 0.107. The number of aryl methyl sites for hydroxylation is 1. The van der Waals surface area contributed by atoms with Crippen LogP contribution in [0.5, 0.6) is 5.75 Å². The Morgan fingerprint density at radius 2 is 2.00 bits per heavy atom. The van der Waals surface area contributed by atoms with Crippen molar-refractivity contribution in [1.29, 1.82) is 0 Å². The Morgan fingerprint density at radius 1 is 1.25 bits per heavy atom. The lowest BCUT2D eigenvalue weighted by Gasteiger charge is -2.13. The molecule has 0 bridgehead atoms. The maximum atomic E-state index is 12.4. The Bertz CT molecular complexity index is 865. The first kappa shape index (κ1) is 16.5. The van der Waals surface area contributed by atoms with Gasteiger partial charge in [-0.1, -0.05) is 24.3 Å². The van der Waals surface area contributed by atoms with Crippen LogP contribution in [0.3, 0.4) is 0 Å². The fourth-order valence-corrected chi connectivity index (χ4v) is 3.39. The largest absolute Gasteiger partial charge is 0.488 e. The first-order valence-electron chi connectivity index (χ1n) is 7.68. The molecule has 1 heterocycles. The number of benzene rings is 2. The molecule has 1 unspecified atom stereocenters. The van der Waals surface area contributed by atoms with Crippen molar-refractivity contribution in [3.63, 3.8) is 0 Å². The lowest BCUT2D eigenvalue weighted by molar-refractivity contribution is 0.0932. The minimum atomic E-state index is -3.35. The molecule has 6 heteroatoms. The quantitative estimate of drug-likeness (QED) is 0.921. The molecule has 126 valence electrons. The third-order valence-corrected chi connectivity index (χ3v) is 5.20. The highest BCUT2D eigenvalue weighted by molar-refractivity contribution is 7.90. The van der Waals surface area contributed by atoms with Gasteiger partial charge in [-0.15, -0.1) is 0 Å². The molecule has 2 aromatic rings. The number of sulfone groups is 1. The van der Waals surface area contributed by atoms with E-state index in [1.54, 1.807) is 13.0 Å². The summed E-state index contributed by atoms with van der Waals surface area (Å²) in [6.45, 7) is 2.15. The summed E-state index contributed by atoms with van der Waals surface area (Å²) < 4.78 is 29.1. The molecule has 0 radical (unpaired) electrons. The Labute approximate surface area is 141 Å². The van der Waals surface area contributed by atoms with Crippen LogP contribution >= 0.6 is 0 Å². The van der Waals surface area contributed by atoms with E-state index in [0.717, 1.165) is 29.6 Å². The van der Waals surface area contributed by atoms with Crippen LogP contribution in [0, 0.1) is 6.92 Å². The van der Waals surface area contributed by atoms with E-state index in [2.05, 4.69) is 5.32 Å². The zero-order valence-corrected chi connectivity index (χ0v) is 14.4. The van der Waals surface area contributed by atoms with Crippen LogP contribution in [0.15, 0.2) is 47.4 Å². The topological polar surface area (TPSA) is 72.5 Å². The van der Waals surface area contributed by atoms with Crippen molar-refractivity contribution in [2.75, 3.05) is 12.8 Å². The van der Waals surface area contributed by atoms with Crippen LogP contribution < -0.4 is 10.1 Å². The average Bonchev–Trinajstić information content (AvgIpc) is 2.94. The molecule has 1 amide bonds. The van der Waals surface area contributed by atoms with Gasteiger partial charge in [0.2, 0.25) is 0 Å². The van der Waals surface area contributed by atoms with Crippen molar-refractivity contribution < 1.29 is 17.9 Å². The molecular weight excluding hydrogens is 326 g/mol. The van der Waals surface area contributed by atoms with Crippen LogP contribution in [0.2, 0.25) is 0 Å². The van der Waals surface area contributed by atoms with E-state index in [4.69, 9.17) is 4.74 Å². The number of nitrogens with one attached hydrogen (secondary N) is 1. The summed E-state index contributed by atoms with van der Waals surface area (Å²) in [4.78, 5) is 12.6. The van der Waals surface area contributed by atoms with Gasteiger partial charge < -0.3 is 10.1 Å². The van der Waals surface area contributed by atoms with Crippen LogP contribution in [0.1, 0.15) is 21.5 Å². The smallest absolute Gasteiger partial charge is 0.251 e. The molecule has 0 aliphatic carbocycles. The van der Waals surface area contributed by atoms with Gasteiger partial charge in [0.15, 0.2) is 9.84 Å². The molecule has 5 nitrogen and oxygen atoms in total. The summed E-state index contributed by atoms with van der Waals surface area (Å²) in [5.41, 5.74) is 2.23. The second kappa shape index (κ2) is 6.28. The first-order valence-corrected chi connectivity index (χ1v) is 9.57. The predicted octanol–water partition coefficient (Wildman–Crippen LogP) is 2.13. The van der Waals surface area contributed by atoms with Crippen molar-refractivity contribution in [1.82, 2.24) is 5.32 Å². The SMILES string of the molecule is Cc1ccc(S(C)(=O)=O)cc1C(=O)NCC1Cc2ccccc2O1. The number of carbonyl (C=O) groups excluding carboxylic acids is 1. The second-order valence-electron chi connectivity index (χ2n) is 6.01. The maximum Gasteiger partial charge on any atom is 0.251 e. The molecule has 2 aromatic carbocycles. The molecule has 0 fully saturated rings. The third kappa shape index (κ3) is 3.43. The van der Waals surface area contributed by atoms with Crippen molar-refractivity contribution in [3.05, 3.63) is 59.2 Å². The monoisotopic (exact) mass is 345 g/mol. The van der Waals surface area contributed by atoms with E-state index in [-0.39, 0.29) is 16.9 Å². The van der Waals surface area contributed by atoms with Crippen molar-refractivity contribution in [2.45, 2.75) is 24.3 Å². The zero-order chi connectivity index (χ0) is 17.3. The van der Waals surface area contributed by atoms with E-state index < -0.39 is 9.84 Å². The Hall–Kier alpha value is -2.34. The summed E-state index contributed by atoms with van der Waals surface area (Å²) in [6, 6.07) is 12.4. The number of hydrogen-bond donors (Lipinski definition) is 1. The molecular formula is C18H19NO4S. The molecule has 1 atom stereocenters. The van der Waals surface area contributed by atoms with Gasteiger partial charge >= 0.3 is 0 Å². The molecule has 3 rings (SSSR count). The number of fused-ring (bicyclic) bond motifs is 1. The Balaban J connectivity index is 1.68. The van der Waals surface area contributed by atoms with Gasteiger partial charge in [-0.05, 0) is 36.2 Å². The normalized spacial score (nSPS) is 16.3. The molecule has 24 heavy (non-hydrogen) atoms. The molecule has 1 aliphatic heterocycles. The van der Waals surface area contributed by atoms with Crippen molar-refractivity contribution in [2.24, 2.45) is 0 Å². The highest BCUT2D eigenvalue weighted by atomic mass is 32.2. The van der Waals surface area contributed by atoms with E-state index >= 15 is 0 Å². The fourth-order valence-electron chi connectivity index (χ4n) is 2.75. The summed E-state index contributed by atoms with van der Waals surface area (Å²) in [5, 5.41) is 2.84. The van der Waals surface area contributed by atoms with E-state index in [0.29, 0.717) is 12.1 Å². The van der Waals surface area contributed by atoms with E-state index in [1.165, 1.54) is 12.1 Å². The van der Waals surface area contributed by atoms with Gasteiger partial charge in [-0.2, -0.15) is 0 Å².